The molecule has 6 nitrogen and oxygen atoms in total. The molecule has 168 valence electrons. The van der Waals surface area contributed by atoms with Gasteiger partial charge in [-0.3, -0.25) is 9.59 Å². The summed E-state index contributed by atoms with van der Waals surface area (Å²) in [7, 11) is 1.57. The van der Waals surface area contributed by atoms with Crippen molar-refractivity contribution in [2.45, 2.75) is 20.8 Å². The molecule has 0 unspecified atom stereocenters. The van der Waals surface area contributed by atoms with Crippen LogP contribution in [0.1, 0.15) is 23.6 Å². The number of hydrogen-bond acceptors (Lipinski definition) is 5. The molecule has 0 saturated carbocycles. The number of imide groups is 1. The van der Waals surface area contributed by atoms with Crippen molar-refractivity contribution in [2.75, 3.05) is 23.9 Å². The first-order chi connectivity index (χ1) is 15.9. The Hall–Kier alpha value is -4.06. The Morgan fingerprint density at radius 3 is 2.30 bits per heavy atom. The lowest BCUT2D eigenvalue weighted by Crippen LogP contribution is -2.32. The maximum atomic E-state index is 13.6. The first-order valence-corrected chi connectivity index (χ1v) is 10.8. The van der Waals surface area contributed by atoms with Crippen molar-refractivity contribution in [3.63, 3.8) is 0 Å². The van der Waals surface area contributed by atoms with Crippen molar-refractivity contribution < 1.29 is 19.1 Å². The number of carbonyl (C=O) groups is 2. The highest BCUT2D eigenvalue weighted by Gasteiger charge is 2.40. The highest BCUT2D eigenvalue weighted by atomic mass is 16.5. The van der Waals surface area contributed by atoms with E-state index in [9.17, 15) is 9.59 Å². The van der Waals surface area contributed by atoms with Crippen molar-refractivity contribution in [1.82, 2.24) is 0 Å². The number of carbonyl (C=O) groups excluding carboxylic acids is 2. The van der Waals surface area contributed by atoms with Crippen LogP contribution in [0.25, 0.3) is 5.57 Å². The van der Waals surface area contributed by atoms with Crippen LogP contribution in [0.15, 0.2) is 72.4 Å². The Morgan fingerprint density at radius 1 is 0.879 bits per heavy atom. The first kappa shape index (κ1) is 22.1. The van der Waals surface area contributed by atoms with Crippen LogP contribution in [-0.4, -0.2) is 25.5 Å². The number of aryl methyl sites for hydroxylation is 2. The van der Waals surface area contributed by atoms with E-state index < -0.39 is 5.91 Å². The third kappa shape index (κ3) is 4.32. The van der Waals surface area contributed by atoms with E-state index in [1.807, 2.05) is 63.2 Å². The summed E-state index contributed by atoms with van der Waals surface area (Å²) in [5, 5.41) is 3.20. The van der Waals surface area contributed by atoms with Crippen molar-refractivity contribution in [1.29, 1.82) is 0 Å². The number of hydrogen-bond donors (Lipinski definition) is 1. The highest BCUT2D eigenvalue weighted by molar-refractivity contribution is 6.46. The predicted molar refractivity (Wildman–Crippen MR) is 130 cm³/mol. The van der Waals surface area contributed by atoms with Gasteiger partial charge in [0.25, 0.3) is 11.8 Å². The number of ether oxygens (including phenoxy) is 2. The molecule has 1 N–H and O–H groups in total. The first-order valence-electron chi connectivity index (χ1n) is 10.8. The summed E-state index contributed by atoms with van der Waals surface area (Å²) < 4.78 is 10.8. The lowest BCUT2D eigenvalue weighted by molar-refractivity contribution is -0.120. The molecule has 1 heterocycles. The Bertz CT molecular complexity index is 1250. The van der Waals surface area contributed by atoms with Gasteiger partial charge >= 0.3 is 0 Å². The number of amides is 2. The average molecular weight is 443 g/mol. The molecule has 1 aliphatic heterocycles. The molecule has 3 aromatic carbocycles. The van der Waals surface area contributed by atoms with E-state index in [4.69, 9.17) is 9.47 Å². The number of rotatable bonds is 7. The molecule has 0 saturated heterocycles. The Kier molecular flexibility index (Phi) is 6.18. The SMILES string of the molecule is CCOc1cccc(NC2=C(c3ccc(C)cc3C)C(=O)N(c3ccc(OC)cc3)C2=O)c1. The molecule has 0 radical (unpaired) electrons. The Labute approximate surface area is 193 Å². The van der Waals surface area contributed by atoms with Crippen LogP contribution >= 0.6 is 0 Å². The summed E-state index contributed by atoms with van der Waals surface area (Å²) in [5.74, 6) is 0.536. The summed E-state index contributed by atoms with van der Waals surface area (Å²) in [6, 6.07) is 20.0. The van der Waals surface area contributed by atoms with Gasteiger partial charge in [0.2, 0.25) is 0 Å². The van der Waals surface area contributed by atoms with E-state index in [0.717, 1.165) is 16.7 Å². The van der Waals surface area contributed by atoms with Crippen LogP contribution < -0.4 is 19.7 Å². The Balaban J connectivity index is 1.81. The second-order valence-corrected chi connectivity index (χ2v) is 7.80. The third-order valence-electron chi connectivity index (χ3n) is 5.48. The van der Waals surface area contributed by atoms with Crippen molar-refractivity contribution in [3.8, 4) is 11.5 Å². The van der Waals surface area contributed by atoms with E-state index in [-0.39, 0.29) is 11.6 Å². The predicted octanol–water partition coefficient (Wildman–Crippen LogP) is 5.11. The fraction of sp³-hybridized carbons (Fsp3) is 0.185. The van der Waals surface area contributed by atoms with Crippen LogP contribution in [-0.2, 0) is 9.59 Å². The van der Waals surface area contributed by atoms with Crippen LogP contribution in [0.2, 0.25) is 0 Å². The van der Waals surface area contributed by atoms with E-state index in [2.05, 4.69) is 5.32 Å². The molecule has 0 spiro atoms. The molecular weight excluding hydrogens is 416 g/mol. The standard InChI is InChI=1S/C27H26N2O4/c1-5-33-22-8-6-7-19(16-22)28-25-24(23-14-9-17(2)15-18(23)3)26(30)29(27(25)31)20-10-12-21(32-4)13-11-20/h6-16,28H,5H2,1-4H3. The lowest BCUT2D eigenvalue weighted by Gasteiger charge is -2.16. The number of nitrogens with zero attached hydrogens (tertiary/aromatic N) is 1. The van der Waals surface area contributed by atoms with Crippen molar-refractivity contribution in [3.05, 3.63) is 89.1 Å². The maximum absolute atomic E-state index is 13.6. The molecule has 4 rings (SSSR count). The van der Waals surface area contributed by atoms with Gasteiger partial charge in [0.1, 0.15) is 17.2 Å². The van der Waals surface area contributed by atoms with E-state index in [0.29, 0.717) is 35.1 Å². The summed E-state index contributed by atoms with van der Waals surface area (Å²) >= 11 is 0. The summed E-state index contributed by atoms with van der Waals surface area (Å²) in [6.07, 6.45) is 0. The van der Waals surface area contributed by atoms with E-state index >= 15 is 0 Å². The van der Waals surface area contributed by atoms with Crippen LogP contribution in [0.4, 0.5) is 11.4 Å². The zero-order chi connectivity index (χ0) is 23.5. The molecule has 2 amide bonds. The minimum atomic E-state index is -0.415. The largest absolute Gasteiger partial charge is 0.497 e. The van der Waals surface area contributed by atoms with Crippen molar-refractivity contribution in [2.24, 2.45) is 0 Å². The Morgan fingerprint density at radius 2 is 1.64 bits per heavy atom. The highest BCUT2D eigenvalue weighted by Crippen LogP contribution is 2.36. The van der Waals surface area contributed by atoms with Crippen LogP contribution in [0, 0.1) is 13.8 Å². The van der Waals surface area contributed by atoms with Gasteiger partial charge in [-0.25, -0.2) is 4.90 Å². The van der Waals surface area contributed by atoms with Gasteiger partial charge < -0.3 is 14.8 Å². The fourth-order valence-electron chi connectivity index (χ4n) is 3.93. The number of benzene rings is 3. The summed E-state index contributed by atoms with van der Waals surface area (Å²) in [4.78, 5) is 28.4. The zero-order valence-corrected chi connectivity index (χ0v) is 19.1. The van der Waals surface area contributed by atoms with E-state index in [1.165, 1.54) is 4.90 Å². The molecule has 1 aliphatic rings. The molecule has 3 aromatic rings. The normalized spacial score (nSPS) is 13.5. The zero-order valence-electron chi connectivity index (χ0n) is 19.1. The van der Waals surface area contributed by atoms with Gasteiger partial charge in [0.05, 0.1) is 25.0 Å². The van der Waals surface area contributed by atoms with Gasteiger partial charge in [-0.1, -0.05) is 29.8 Å². The minimum absolute atomic E-state index is 0.233. The summed E-state index contributed by atoms with van der Waals surface area (Å²) in [5.41, 5.74) is 4.44. The number of methoxy groups -OCH3 is 1. The molecule has 33 heavy (non-hydrogen) atoms. The molecule has 6 heteroatoms. The molecule has 0 aliphatic carbocycles. The van der Waals surface area contributed by atoms with Crippen LogP contribution in [0.3, 0.4) is 0 Å². The molecule has 0 atom stereocenters. The van der Waals surface area contributed by atoms with Gasteiger partial charge in [0, 0.05) is 11.8 Å². The third-order valence-corrected chi connectivity index (χ3v) is 5.48. The second kappa shape index (κ2) is 9.20. The minimum Gasteiger partial charge on any atom is -0.497 e. The van der Waals surface area contributed by atoms with Gasteiger partial charge in [0.15, 0.2) is 0 Å². The quantitative estimate of drug-likeness (QED) is 0.515. The van der Waals surface area contributed by atoms with Crippen molar-refractivity contribution >= 4 is 28.8 Å². The van der Waals surface area contributed by atoms with Gasteiger partial charge in [-0.2, -0.15) is 0 Å². The molecule has 0 fully saturated rings. The monoisotopic (exact) mass is 442 g/mol. The van der Waals surface area contributed by atoms with Gasteiger partial charge in [-0.05, 0) is 68.3 Å². The maximum Gasteiger partial charge on any atom is 0.282 e. The topological polar surface area (TPSA) is 67.9 Å². The fourth-order valence-corrected chi connectivity index (χ4v) is 3.93. The molecule has 0 bridgehead atoms. The summed E-state index contributed by atoms with van der Waals surface area (Å²) in [6.45, 7) is 6.38. The number of nitrogens with one attached hydrogen (secondary N) is 1. The van der Waals surface area contributed by atoms with E-state index in [1.54, 1.807) is 31.4 Å². The lowest BCUT2D eigenvalue weighted by atomic mass is 9.97. The smallest absolute Gasteiger partial charge is 0.282 e. The van der Waals surface area contributed by atoms with Gasteiger partial charge in [-0.15, -0.1) is 0 Å². The van der Waals surface area contributed by atoms with Crippen LogP contribution in [0.5, 0.6) is 11.5 Å². The second-order valence-electron chi connectivity index (χ2n) is 7.80. The molecular formula is C27H26N2O4. The number of anilines is 2. The molecule has 0 aromatic heterocycles. The average Bonchev–Trinajstić information content (AvgIpc) is 3.04.